The Morgan fingerprint density at radius 3 is 2.81 bits per heavy atom. The van der Waals surface area contributed by atoms with Gasteiger partial charge >= 0.3 is 0 Å². The molecule has 0 saturated carbocycles. The van der Waals surface area contributed by atoms with Gasteiger partial charge in [0.05, 0.1) is 0 Å². The predicted molar refractivity (Wildman–Crippen MR) is 67.4 cm³/mol. The smallest absolute Gasteiger partial charge is 0.224 e. The molecule has 1 amide bonds. The molecular weight excluding hydrogens is 200 g/mol. The number of rotatable bonds is 5. The van der Waals surface area contributed by atoms with Crippen LogP contribution >= 0.6 is 0 Å². The highest BCUT2D eigenvalue weighted by Gasteiger charge is 2.23. The molecule has 0 bridgehead atoms. The van der Waals surface area contributed by atoms with Crippen molar-refractivity contribution in [1.82, 2.24) is 10.2 Å². The minimum Gasteiger partial charge on any atom is -0.340 e. The van der Waals surface area contributed by atoms with E-state index in [0.29, 0.717) is 18.4 Å². The summed E-state index contributed by atoms with van der Waals surface area (Å²) in [6.45, 7) is 7.02. The SMILES string of the molecule is CCNCCC(=O)N1CCCCCC1CC. The van der Waals surface area contributed by atoms with Crippen LogP contribution in [0.5, 0.6) is 0 Å². The summed E-state index contributed by atoms with van der Waals surface area (Å²) in [5, 5.41) is 3.22. The molecule has 0 aromatic heterocycles. The van der Waals surface area contributed by atoms with Gasteiger partial charge in [-0.15, -0.1) is 0 Å². The Labute approximate surface area is 99.6 Å². The Hall–Kier alpha value is -0.570. The monoisotopic (exact) mass is 226 g/mol. The number of nitrogens with zero attached hydrogens (tertiary/aromatic N) is 1. The van der Waals surface area contributed by atoms with Crippen LogP contribution in [0.25, 0.3) is 0 Å². The van der Waals surface area contributed by atoms with Crippen molar-refractivity contribution in [1.29, 1.82) is 0 Å². The molecule has 0 aromatic carbocycles. The largest absolute Gasteiger partial charge is 0.340 e. The Bertz CT molecular complexity index is 206. The summed E-state index contributed by atoms with van der Waals surface area (Å²) in [7, 11) is 0. The van der Waals surface area contributed by atoms with Gasteiger partial charge in [-0.05, 0) is 25.8 Å². The topological polar surface area (TPSA) is 32.3 Å². The van der Waals surface area contributed by atoms with Crippen molar-refractivity contribution < 1.29 is 4.79 Å². The van der Waals surface area contributed by atoms with Gasteiger partial charge in [-0.25, -0.2) is 0 Å². The van der Waals surface area contributed by atoms with Crippen LogP contribution in [0.2, 0.25) is 0 Å². The van der Waals surface area contributed by atoms with Gasteiger partial charge in [0.1, 0.15) is 0 Å². The molecule has 0 aliphatic carbocycles. The van der Waals surface area contributed by atoms with Crippen molar-refractivity contribution in [2.45, 2.75) is 58.4 Å². The van der Waals surface area contributed by atoms with Crippen molar-refractivity contribution in [3.05, 3.63) is 0 Å². The fraction of sp³-hybridized carbons (Fsp3) is 0.923. The predicted octanol–water partition coefficient (Wildman–Crippen LogP) is 2.17. The number of hydrogen-bond acceptors (Lipinski definition) is 2. The molecule has 1 aliphatic rings. The van der Waals surface area contributed by atoms with Gasteiger partial charge < -0.3 is 10.2 Å². The van der Waals surface area contributed by atoms with Crippen LogP contribution in [0.15, 0.2) is 0 Å². The van der Waals surface area contributed by atoms with Crippen LogP contribution in [0.3, 0.4) is 0 Å². The number of amides is 1. The van der Waals surface area contributed by atoms with E-state index in [9.17, 15) is 4.79 Å². The van der Waals surface area contributed by atoms with E-state index in [0.717, 1.165) is 26.1 Å². The first kappa shape index (κ1) is 13.5. The normalized spacial score (nSPS) is 21.9. The number of nitrogens with one attached hydrogen (secondary N) is 1. The molecular formula is C13H26N2O. The molecule has 94 valence electrons. The van der Waals surface area contributed by atoms with Crippen LogP contribution in [-0.2, 0) is 4.79 Å². The molecule has 0 radical (unpaired) electrons. The van der Waals surface area contributed by atoms with Crippen LogP contribution in [0.4, 0.5) is 0 Å². The van der Waals surface area contributed by atoms with Gasteiger partial charge in [-0.3, -0.25) is 4.79 Å². The third-order valence-corrected chi connectivity index (χ3v) is 3.43. The number of carbonyl (C=O) groups excluding carboxylic acids is 1. The van der Waals surface area contributed by atoms with Gasteiger partial charge in [-0.2, -0.15) is 0 Å². The molecule has 1 unspecified atom stereocenters. The lowest BCUT2D eigenvalue weighted by atomic mass is 10.1. The van der Waals surface area contributed by atoms with Gasteiger partial charge in [0.15, 0.2) is 0 Å². The van der Waals surface area contributed by atoms with E-state index >= 15 is 0 Å². The van der Waals surface area contributed by atoms with Gasteiger partial charge in [0.2, 0.25) is 5.91 Å². The van der Waals surface area contributed by atoms with E-state index < -0.39 is 0 Å². The Morgan fingerprint density at radius 2 is 2.12 bits per heavy atom. The minimum absolute atomic E-state index is 0.342. The number of carbonyl (C=O) groups is 1. The fourth-order valence-corrected chi connectivity index (χ4v) is 2.45. The van der Waals surface area contributed by atoms with Crippen molar-refractivity contribution in [2.75, 3.05) is 19.6 Å². The first-order chi connectivity index (χ1) is 7.79. The van der Waals surface area contributed by atoms with E-state index in [1.807, 2.05) is 0 Å². The van der Waals surface area contributed by atoms with E-state index in [1.54, 1.807) is 0 Å². The molecule has 1 saturated heterocycles. The molecule has 3 heteroatoms. The summed E-state index contributed by atoms with van der Waals surface area (Å²) in [4.78, 5) is 14.2. The summed E-state index contributed by atoms with van der Waals surface area (Å²) in [5.41, 5.74) is 0. The first-order valence-electron chi connectivity index (χ1n) is 6.79. The molecule has 1 rings (SSSR count). The molecule has 1 N–H and O–H groups in total. The maximum Gasteiger partial charge on any atom is 0.224 e. The first-order valence-corrected chi connectivity index (χ1v) is 6.79. The third kappa shape index (κ3) is 4.12. The number of likely N-dealkylation sites (tertiary alicyclic amines) is 1. The Morgan fingerprint density at radius 1 is 1.31 bits per heavy atom. The van der Waals surface area contributed by atoms with Crippen molar-refractivity contribution in [2.24, 2.45) is 0 Å². The van der Waals surface area contributed by atoms with Gasteiger partial charge in [0, 0.05) is 25.6 Å². The van der Waals surface area contributed by atoms with Crippen LogP contribution < -0.4 is 5.32 Å². The van der Waals surface area contributed by atoms with Crippen LogP contribution in [0.1, 0.15) is 52.4 Å². The highest BCUT2D eigenvalue weighted by molar-refractivity contribution is 5.76. The molecule has 1 heterocycles. The second-order valence-corrected chi connectivity index (χ2v) is 4.60. The second-order valence-electron chi connectivity index (χ2n) is 4.60. The molecule has 0 aromatic rings. The Kier molecular flexibility index (Phi) is 6.46. The maximum absolute atomic E-state index is 12.1. The lowest BCUT2D eigenvalue weighted by Gasteiger charge is -2.29. The molecule has 16 heavy (non-hydrogen) atoms. The second kappa shape index (κ2) is 7.66. The fourth-order valence-electron chi connectivity index (χ4n) is 2.45. The molecule has 1 aliphatic heterocycles. The minimum atomic E-state index is 0.342. The molecule has 1 fully saturated rings. The van der Waals surface area contributed by atoms with E-state index in [-0.39, 0.29) is 0 Å². The maximum atomic E-state index is 12.1. The summed E-state index contributed by atoms with van der Waals surface area (Å²) in [6, 6.07) is 0.497. The van der Waals surface area contributed by atoms with Crippen LogP contribution in [-0.4, -0.2) is 36.5 Å². The Balaban J connectivity index is 2.42. The molecule has 0 spiro atoms. The molecule has 3 nitrogen and oxygen atoms in total. The van der Waals surface area contributed by atoms with E-state index in [4.69, 9.17) is 0 Å². The lowest BCUT2D eigenvalue weighted by molar-refractivity contribution is -0.133. The van der Waals surface area contributed by atoms with Crippen molar-refractivity contribution in [3.63, 3.8) is 0 Å². The van der Waals surface area contributed by atoms with Crippen molar-refractivity contribution >= 4 is 5.91 Å². The summed E-state index contributed by atoms with van der Waals surface area (Å²) < 4.78 is 0. The van der Waals surface area contributed by atoms with E-state index in [2.05, 4.69) is 24.1 Å². The molecule has 1 atom stereocenters. The quantitative estimate of drug-likeness (QED) is 0.729. The average molecular weight is 226 g/mol. The van der Waals surface area contributed by atoms with Gasteiger partial charge in [-0.1, -0.05) is 26.7 Å². The highest BCUT2D eigenvalue weighted by Crippen LogP contribution is 2.19. The summed E-state index contributed by atoms with van der Waals surface area (Å²) >= 11 is 0. The van der Waals surface area contributed by atoms with Crippen molar-refractivity contribution in [3.8, 4) is 0 Å². The zero-order valence-corrected chi connectivity index (χ0v) is 10.8. The van der Waals surface area contributed by atoms with Gasteiger partial charge in [0.25, 0.3) is 0 Å². The summed E-state index contributed by atoms with van der Waals surface area (Å²) in [6.07, 6.45) is 6.72. The van der Waals surface area contributed by atoms with E-state index in [1.165, 1.54) is 25.7 Å². The summed E-state index contributed by atoms with van der Waals surface area (Å²) in [5.74, 6) is 0.342. The zero-order chi connectivity index (χ0) is 11.8. The lowest BCUT2D eigenvalue weighted by Crippen LogP contribution is -2.40. The highest BCUT2D eigenvalue weighted by atomic mass is 16.2. The zero-order valence-electron chi connectivity index (χ0n) is 10.8. The standard InChI is InChI=1S/C13H26N2O/c1-3-12-8-6-5-7-11-15(12)13(16)9-10-14-4-2/h12,14H,3-11H2,1-2H3. The third-order valence-electron chi connectivity index (χ3n) is 3.43. The number of hydrogen-bond donors (Lipinski definition) is 1. The van der Waals surface area contributed by atoms with Crippen LogP contribution in [0, 0.1) is 0 Å². The average Bonchev–Trinajstić information content (AvgIpc) is 2.54.